The van der Waals surface area contributed by atoms with Gasteiger partial charge in [0, 0.05) is 0 Å². The number of aryl methyl sites for hydroxylation is 2. The highest BCUT2D eigenvalue weighted by molar-refractivity contribution is 5.80. The fourth-order valence-corrected chi connectivity index (χ4v) is 2.37. The number of alkyl halides is 1. The van der Waals surface area contributed by atoms with Gasteiger partial charge in [-0.1, -0.05) is 59.7 Å². The molecular formula is C18H19FO4. The number of aliphatic hydroxyl groups excluding tert-OH is 2. The fourth-order valence-electron chi connectivity index (χ4n) is 2.37. The summed E-state index contributed by atoms with van der Waals surface area (Å²) >= 11 is 0. The number of carboxylic acid groups (broad SMARTS) is 1. The van der Waals surface area contributed by atoms with Gasteiger partial charge in [0.15, 0.2) is 0 Å². The van der Waals surface area contributed by atoms with Crippen molar-refractivity contribution < 1.29 is 24.5 Å². The lowest BCUT2D eigenvalue weighted by Gasteiger charge is -2.31. The van der Waals surface area contributed by atoms with Crippen LogP contribution in [0.2, 0.25) is 0 Å². The van der Waals surface area contributed by atoms with Crippen molar-refractivity contribution in [2.45, 2.75) is 31.7 Å². The van der Waals surface area contributed by atoms with Gasteiger partial charge in [-0.2, -0.15) is 0 Å². The predicted molar refractivity (Wildman–Crippen MR) is 83.8 cm³/mol. The van der Waals surface area contributed by atoms with Crippen molar-refractivity contribution in [3.8, 4) is 0 Å². The molecule has 0 aliphatic heterocycles. The minimum absolute atomic E-state index is 0.0895. The Hall–Kier alpha value is -2.24. The standard InChI is InChI=1S/C18H19FO4/c1-11-3-7-13(8-4-11)15(20)18(19,17(22)23)16(21)14-9-5-12(2)6-10-14/h3-10,15-16,20-21H,1-2H3,(H,22,23). The van der Waals surface area contributed by atoms with Crippen molar-refractivity contribution in [1.82, 2.24) is 0 Å². The average molecular weight is 318 g/mol. The molecule has 0 heterocycles. The summed E-state index contributed by atoms with van der Waals surface area (Å²) in [5.74, 6) is -1.92. The zero-order valence-electron chi connectivity index (χ0n) is 12.9. The third-order valence-electron chi connectivity index (χ3n) is 3.91. The van der Waals surface area contributed by atoms with Gasteiger partial charge in [-0.15, -0.1) is 0 Å². The highest BCUT2D eigenvalue weighted by Crippen LogP contribution is 2.40. The van der Waals surface area contributed by atoms with Crippen molar-refractivity contribution in [2.75, 3.05) is 0 Å². The molecule has 0 radical (unpaired) electrons. The summed E-state index contributed by atoms with van der Waals surface area (Å²) in [6.07, 6.45) is -4.01. The van der Waals surface area contributed by atoms with Crippen molar-refractivity contribution in [2.24, 2.45) is 0 Å². The molecule has 0 amide bonds. The van der Waals surface area contributed by atoms with Crippen LogP contribution in [0.3, 0.4) is 0 Å². The van der Waals surface area contributed by atoms with E-state index in [-0.39, 0.29) is 11.1 Å². The molecule has 0 spiro atoms. The van der Waals surface area contributed by atoms with Crippen LogP contribution in [0.4, 0.5) is 4.39 Å². The van der Waals surface area contributed by atoms with E-state index in [0.717, 1.165) is 11.1 Å². The van der Waals surface area contributed by atoms with Crippen molar-refractivity contribution >= 4 is 5.97 Å². The summed E-state index contributed by atoms with van der Waals surface area (Å²) < 4.78 is 15.2. The monoisotopic (exact) mass is 318 g/mol. The van der Waals surface area contributed by atoms with Gasteiger partial charge >= 0.3 is 5.97 Å². The molecular weight excluding hydrogens is 299 g/mol. The molecule has 0 saturated heterocycles. The van der Waals surface area contributed by atoms with E-state index in [1.807, 2.05) is 13.8 Å². The maximum atomic E-state index is 15.2. The van der Waals surface area contributed by atoms with E-state index in [0.29, 0.717) is 0 Å². The van der Waals surface area contributed by atoms with Crippen LogP contribution in [0, 0.1) is 13.8 Å². The normalized spacial score (nSPS) is 16.4. The number of carboxylic acids is 1. The lowest BCUT2D eigenvalue weighted by molar-refractivity contribution is -0.175. The first-order valence-corrected chi connectivity index (χ1v) is 7.18. The fraction of sp³-hybridized carbons (Fsp3) is 0.278. The van der Waals surface area contributed by atoms with E-state index in [2.05, 4.69) is 0 Å². The molecule has 0 saturated carbocycles. The topological polar surface area (TPSA) is 77.8 Å². The molecule has 2 aromatic carbocycles. The Kier molecular flexibility index (Phi) is 4.82. The highest BCUT2D eigenvalue weighted by atomic mass is 19.1. The number of aliphatic carboxylic acids is 1. The van der Waals surface area contributed by atoms with Crippen molar-refractivity contribution in [3.63, 3.8) is 0 Å². The average Bonchev–Trinajstić information content (AvgIpc) is 2.54. The van der Waals surface area contributed by atoms with Gasteiger partial charge in [0.2, 0.25) is 0 Å². The molecule has 0 aromatic heterocycles. The predicted octanol–water partition coefficient (Wildman–Crippen LogP) is 2.86. The van der Waals surface area contributed by atoms with Crippen molar-refractivity contribution in [3.05, 3.63) is 70.8 Å². The lowest BCUT2D eigenvalue weighted by atomic mass is 9.84. The molecule has 2 atom stereocenters. The van der Waals surface area contributed by atoms with E-state index in [4.69, 9.17) is 0 Å². The maximum Gasteiger partial charge on any atom is 0.347 e. The van der Waals surface area contributed by atoms with Crippen LogP contribution in [-0.2, 0) is 4.79 Å². The first-order chi connectivity index (χ1) is 10.8. The molecule has 122 valence electrons. The second kappa shape index (κ2) is 6.48. The van der Waals surface area contributed by atoms with Crippen molar-refractivity contribution in [1.29, 1.82) is 0 Å². The first-order valence-electron chi connectivity index (χ1n) is 7.18. The summed E-state index contributed by atoms with van der Waals surface area (Å²) in [5.41, 5.74) is -1.30. The Morgan fingerprint density at radius 1 is 0.870 bits per heavy atom. The van der Waals surface area contributed by atoms with Crippen LogP contribution in [0.25, 0.3) is 0 Å². The summed E-state index contributed by atoms with van der Waals surface area (Å²) in [6.45, 7) is 3.63. The zero-order chi connectivity index (χ0) is 17.2. The van der Waals surface area contributed by atoms with E-state index >= 15 is 4.39 Å². The Morgan fingerprint density at radius 2 is 1.17 bits per heavy atom. The molecule has 0 fully saturated rings. The van der Waals surface area contributed by atoms with Gasteiger partial charge in [0.05, 0.1) is 0 Å². The van der Waals surface area contributed by atoms with E-state index in [1.165, 1.54) is 24.3 Å². The second-order valence-corrected chi connectivity index (χ2v) is 5.70. The molecule has 0 aliphatic rings. The Balaban J connectivity index is 2.43. The number of hydrogen-bond donors (Lipinski definition) is 3. The molecule has 0 aliphatic carbocycles. The van der Waals surface area contributed by atoms with Crippen LogP contribution in [0.1, 0.15) is 34.5 Å². The number of carbonyl (C=O) groups is 1. The molecule has 4 nitrogen and oxygen atoms in total. The first kappa shape index (κ1) is 17.1. The number of aliphatic hydroxyl groups is 2. The molecule has 3 N–H and O–H groups in total. The van der Waals surface area contributed by atoms with Crippen LogP contribution >= 0.6 is 0 Å². The number of rotatable bonds is 5. The second-order valence-electron chi connectivity index (χ2n) is 5.70. The smallest absolute Gasteiger partial charge is 0.347 e. The molecule has 2 aromatic rings. The third kappa shape index (κ3) is 3.25. The number of halogens is 1. The van der Waals surface area contributed by atoms with E-state index in [1.54, 1.807) is 24.3 Å². The van der Waals surface area contributed by atoms with Gasteiger partial charge in [-0.25, -0.2) is 9.18 Å². The van der Waals surface area contributed by atoms with E-state index < -0.39 is 23.8 Å². The maximum absolute atomic E-state index is 15.2. The highest BCUT2D eigenvalue weighted by Gasteiger charge is 2.53. The quantitative estimate of drug-likeness (QED) is 0.792. The largest absolute Gasteiger partial charge is 0.479 e. The van der Waals surface area contributed by atoms with Crippen LogP contribution in [-0.4, -0.2) is 27.0 Å². The summed E-state index contributed by atoms with van der Waals surface area (Å²) in [4.78, 5) is 11.5. The van der Waals surface area contributed by atoms with E-state index in [9.17, 15) is 20.1 Å². The molecule has 2 rings (SSSR count). The number of benzene rings is 2. The third-order valence-corrected chi connectivity index (χ3v) is 3.91. The lowest BCUT2D eigenvalue weighted by Crippen LogP contribution is -2.46. The van der Waals surface area contributed by atoms with Crippen LogP contribution in [0.5, 0.6) is 0 Å². The molecule has 23 heavy (non-hydrogen) atoms. The van der Waals surface area contributed by atoms with Crippen LogP contribution < -0.4 is 0 Å². The van der Waals surface area contributed by atoms with Gasteiger partial charge in [-0.05, 0) is 25.0 Å². The zero-order valence-corrected chi connectivity index (χ0v) is 12.9. The number of hydrogen-bond acceptors (Lipinski definition) is 3. The summed E-state index contributed by atoms with van der Waals surface area (Å²) in [5, 5.41) is 29.9. The molecule has 2 unspecified atom stereocenters. The van der Waals surface area contributed by atoms with Gasteiger partial charge in [0.25, 0.3) is 5.67 Å². The SMILES string of the molecule is Cc1ccc(C(O)C(F)(C(=O)O)C(O)c2ccc(C)cc2)cc1. The Morgan fingerprint density at radius 3 is 1.43 bits per heavy atom. The Bertz CT molecular complexity index is 628. The molecule has 5 heteroatoms. The molecule has 0 bridgehead atoms. The minimum Gasteiger partial charge on any atom is -0.479 e. The van der Waals surface area contributed by atoms with Gasteiger partial charge < -0.3 is 15.3 Å². The summed E-state index contributed by atoms with van der Waals surface area (Å²) in [6, 6.07) is 12.3. The minimum atomic E-state index is -3.26. The summed E-state index contributed by atoms with van der Waals surface area (Å²) in [7, 11) is 0. The van der Waals surface area contributed by atoms with Gasteiger partial charge in [0.1, 0.15) is 12.2 Å². The van der Waals surface area contributed by atoms with Crippen LogP contribution in [0.15, 0.2) is 48.5 Å². The Labute approximate surface area is 133 Å². The van der Waals surface area contributed by atoms with Gasteiger partial charge in [-0.3, -0.25) is 0 Å².